The van der Waals surface area contributed by atoms with Crippen molar-refractivity contribution in [1.82, 2.24) is 4.98 Å². The van der Waals surface area contributed by atoms with Gasteiger partial charge in [0, 0.05) is 23.0 Å². The zero-order chi connectivity index (χ0) is 13.1. The fraction of sp³-hybridized carbons (Fsp3) is 0.267. The summed E-state index contributed by atoms with van der Waals surface area (Å²) < 4.78 is 5.31. The molecule has 0 aliphatic rings. The van der Waals surface area contributed by atoms with Crippen LogP contribution in [0.3, 0.4) is 0 Å². The highest BCUT2D eigenvalue weighted by Gasteiger charge is 2.15. The standard InChI is InChI=1S/C15H17NO2/c1-10-4-7-13(14(8-10)18-3)15(17)12-6-5-11(2)16-9-12/h4-9,15,17H,1-3H3. The Morgan fingerprint density at radius 3 is 2.56 bits per heavy atom. The first-order chi connectivity index (χ1) is 8.61. The van der Waals surface area contributed by atoms with E-state index in [9.17, 15) is 5.11 Å². The van der Waals surface area contributed by atoms with Crippen molar-refractivity contribution in [1.29, 1.82) is 0 Å². The van der Waals surface area contributed by atoms with Crippen LogP contribution in [0.1, 0.15) is 28.5 Å². The van der Waals surface area contributed by atoms with Crippen LogP contribution >= 0.6 is 0 Å². The van der Waals surface area contributed by atoms with Gasteiger partial charge in [0.25, 0.3) is 0 Å². The minimum atomic E-state index is -0.714. The van der Waals surface area contributed by atoms with Crippen molar-refractivity contribution in [2.45, 2.75) is 20.0 Å². The molecule has 1 heterocycles. The number of aromatic nitrogens is 1. The van der Waals surface area contributed by atoms with E-state index in [0.29, 0.717) is 5.75 Å². The first-order valence-electron chi connectivity index (χ1n) is 5.87. The molecule has 0 bridgehead atoms. The zero-order valence-electron chi connectivity index (χ0n) is 10.8. The number of aliphatic hydroxyl groups is 1. The van der Waals surface area contributed by atoms with E-state index in [1.165, 1.54) is 0 Å². The third-order valence-electron chi connectivity index (χ3n) is 2.93. The number of rotatable bonds is 3. The molecule has 0 aliphatic heterocycles. The van der Waals surface area contributed by atoms with E-state index >= 15 is 0 Å². The second-order valence-corrected chi connectivity index (χ2v) is 4.38. The molecule has 2 rings (SSSR count). The van der Waals surface area contributed by atoms with Gasteiger partial charge in [0.2, 0.25) is 0 Å². The summed E-state index contributed by atoms with van der Waals surface area (Å²) in [5.41, 5.74) is 3.56. The fourth-order valence-corrected chi connectivity index (χ4v) is 1.86. The Kier molecular flexibility index (Phi) is 3.63. The summed E-state index contributed by atoms with van der Waals surface area (Å²) in [5, 5.41) is 10.4. The van der Waals surface area contributed by atoms with E-state index in [0.717, 1.165) is 22.4 Å². The normalized spacial score (nSPS) is 12.2. The Labute approximate surface area is 107 Å². The molecule has 1 aromatic carbocycles. The molecule has 3 nitrogen and oxygen atoms in total. The van der Waals surface area contributed by atoms with Crippen LogP contribution in [-0.2, 0) is 0 Å². The predicted molar refractivity (Wildman–Crippen MR) is 70.8 cm³/mol. The summed E-state index contributed by atoms with van der Waals surface area (Å²) in [7, 11) is 1.61. The van der Waals surface area contributed by atoms with Gasteiger partial charge in [0.1, 0.15) is 11.9 Å². The molecule has 0 saturated carbocycles. The third-order valence-corrected chi connectivity index (χ3v) is 2.93. The number of methoxy groups -OCH3 is 1. The molecule has 0 radical (unpaired) electrons. The first-order valence-corrected chi connectivity index (χ1v) is 5.87. The van der Waals surface area contributed by atoms with Gasteiger partial charge in [-0.05, 0) is 31.5 Å². The van der Waals surface area contributed by atoms with E-state index in [1.807, 2.05) is 44.2 Å². The molecule has 3 heteroatoms. The molecule has 1 atom stereocenters. The lowest BCUT2D eigenvalue weighted by Gasteiger charge is -2.15. The van der Waals surface area contributed by atoms with Gasteiger partial charge in [-0.2, -0.15) is 0 Å². The van der Waals surface area contributed by atoms with Crippen LogP contribution in [0.15, 0.2) is 36.5 Å². The Morgan fingerprint density at radius 1 is 1.17 bits per heavy atom. The monoisotopic (exact) mass is 243 g/mol. The minimum absolute atomic E-state index is 0.697. The van der Waals surface area contributed by atoms with Gasteiger partial charge in [-0.25, -0.2) is 0 Å². The number of hydrogen-bond acceptors (Lipinski definition) is 3. The number of pyridine rings is 1. The van der Waals surface area contributed by atoms with E-state index < -0.39 is 6.10 Å². The summed E-state index contributed by atoms with van der Waals surface area (Å²) in [6.07, 6.45) is 0.980. The van der Waals surface area contributed by atoms with Crippen molar-refractivity contribution < 1.29 is 9.84 Å². The van der Waals surface area contributed by atoms with Crippen LogP contribution in [0.4, 0.5) is 0 Å². The van der Waals surface area contributed by atoms with Gasteiger partial charge in [-0.15, -0.1) is 0 Å². The molecule has 1 aromatic heterocycles. The lowest BCUT2D eigenvalue weighted by atomic mass is 10.0. The van der Waals surface area contributed by atoms with Crippen LogP contribution in [-0.4, -0.2) is 17.2 Å². The number of benzene rings is 1. The second kappa shape index (κ2) is 5.19. The highest BCUT2D eigenvalue weighted by Crippen LogP contribution is 2.30. The molecule has 0 saturated heterocycles. The van der Waals surface area contributed by atoms with E-state index in [4.69, 9.17) is 4.74 Å². The largest absolute Gasteiger partial charge is 0.496 e. The molecule has 1 N–H and O–H groups in total. The number of hydrogen-bond donors (Lipinski definition) is 1. The van der Waals surface area contributed by atoms with Gasteiger partial charge >= 0.3 is 0 Å². The Bertz CT molecular complexity index is 535. The Balaban J connectivity index is 2.39. The topological polar surface area (TPSA) is 42.4 Å². The van der Waals surface area contributed by atoms with Crippen LogP contribution in [0.2, 0.25) is 0 Å². The molecule has 0 spiro atoms. The Morgan fingerprint density at radius 2 is 1.94 bits per heavy atom. The van der Waals surface area contributed by atoms with Crippen LogP contribution in [0, 0.1) is 13.8 Å². The average molecular weight is 243 g/mol. The summed E-state index contributed by atoms with van der Waals surface area (Å²) in [6.45, 7) is 3.91. The van der Waals surface area contributed by atoms with Crippen LogP contribution in [0.5, 0.6) is 5.75 Å². The maximum Gasteiger partial charge on any atom is 0.125 e. The molecule has 1 unspecified atom stereocenters. The second-order valence-electron chi connectivity index (χ2n) is 4.38. The average Bonchev–Trinajstić information content (AvgIpc) is 2.38. The SMILES string of the molecule is COc1cc(C)ccc1C(O)c1ccc(C)nc1. The van der Waals surface area contributed by atoms with E-state index in [1.54, 1.807) is 13.3 Å². The lowest BCUT2D eigenvalue weighted by molar-refractivity contribution is 0.214. The molecule has 0 amide bonds. The Hall–Kier alpha value is -1.87. The van der Waals surface area contributed by atoms with Crippen molar-refractivity contribution in [2.75, 3.05) is 7.11 Å². The number of aliphatic hydroxyl groups excluding tert-OH is 1. The fourth-order valence-electron chi connectivity index (χ4n) is 1.86. The molecular formula is C15H17NO2. The number of nitrogens with zero attached hydrogens (tertiary/aromatic N) is 1. The van der Waals surface area contributed by atoms with Crippen molar-refractivity contribution in [3.05, 3.63) is 58.9 Å². The highest BCUT2D eigenvalue weighted by atomic mass is 16.5. The van der Waals surface area contributed by atoms with Crippen LogP contribution < -0.4 is 4.74 Å². The quantitative estimate of drug-likeness (QED) is 0.901. The van der Waals surface area contributed by atoms with E-state index in [-0.39, 0.29) is 0 Å². The van der Waals surface area contributed by atoms with Crippen molar-refractivity contribution in [3.63, 3.8) is 0 Å². The smallest absolute Gasteiger partial charge is 0.125 e. The number of ether oxygens (including phenoxy) is 1. The van der Waals surface area contributed by atoms with Crippen molar-refractivity contribution in [2.24, 2.45) is 0 Å². The van der Waals surface area contributed by atoms with Gasteiger partial charge in [0.05, 0.1) is 7.11 Å². The summed E-state index contributed by atoms with van der Waals surface area (Å²) in [5.74, 6) is 0.697. The van der Waals surface area contributed by atoms with Gasteiger partial charge in [-0.1, -0.05) is 18.2 Å². The maximum absolute atomic E-state index is 10.4. The van der Waals surface area contributed by atoms with Gasteiger partial charge in [-0.3, -0.25) is 4.98 Å². The maximum atomic E-state index is 10.4. The molecular weight excluding hydrogens is 226 g/mol. The summed E-state index contributed by atoms with van der Waals surface area (Å²) in [6, 6.07) is 9.53. The van der Waals surface area contributed by atoms with Gasteiger partial charge in [0.15, 0.2) is 0 Å². The third kappa shape index (κ3) is 2.51. The molecule has 2 aromatic rings. The molecule has 0 aliphatic carbocycles. The summed E-state index contributed by atoms with van der Waals surface area (Å²) >= 11 is 0. The zero-order valence-corrected chi connectivity index (χ0v) is 10.8. The minimum Gasteiger partial charge on any atom is -0.496 e. The van der Waals surface area contributed by atoms with Crippen LogP contribution in [0.25, 0.3) is 0 Å². The molecule has 18 heavy (non-hydrogen) atoms. The molecule has 0 fully saturated rings. The lowest BCUT2D eigenvalue weighted by Crippen LogP contribution is -2.03. The first kappa shape index (κ1) is 12.6. The number of aryl methyl sites for hydroxylation is 2. The summed E-state index contributed by atoms with van der Waals surface area (Å²) in [4.78, 5) is 4.20. The van der Waals surface area contributed by atoms with E-state index in [2.05, 4.69) is 4.98 Å². The van der Waals surface area contributed by atoms with Gasteiger partial charge < -0.3 is 9.84 Å². The van der Waals surface area contributed by atoms with Crippen molar-refractivity contribution in [3.8, 4) is 5.75 Å². The molecule has 94 valence electrons. The predicted octanol–water partition coefficient (Wildman–Crippen LogP) is 2.79. The highest BCUT2D eigenvalue weighted by molar-refractivity contribution is 5.42. The van der Waals surface area contributed by atoms with Crippen molar-refractivity contribution >= 4 is 0 Å².